The Morgan fingerprint density at radius 3 is 3.12 bits per heavy atom. The van der Waals surface area contributed by atoms with Crippen LogP contribution in [0.15, 0.2) is 43.1 Å². The number of hydrogen-bond donors (Lipinski definition) is 2. The molecule has 1 aliphatic carbocycles. The van der Waals surface area contributed by atoms with Gasteiger partial charge in [-0.1, -0.05) is 31.2 Å². The summed E-state index contributed by atoms with van der Waals surface area (Å²) in [5.41, 5.74) is 5.11. The third kappa shape index (κ3) is 2.78. The second kappa shape index (κ2) is 6.76. The SMILES string of the molecule is C=CCN1C[C@@H](C(=O)N[C@H](C)CC)C=C2c3cccc4[nH]cc(c34)CC21. The maximum absolute atomic E-state index is 12.8. The van der Waals surface area contributed by atoms with Crippen molar-refractivity contribution in [1.29, 1.82) is 0 Å². The molecule has 4 rings (SSSR count). The number of hydrogen-bond acceptors (Lipinski definition) is 2. The molecule has 2 aromatic rings. The van der Waals surface area contributed by atoms with Crippen molar-refractivity contribution in [2.75, 3.05) is 13.1 Å². The Hall–Kier alpha value is -2.33. The van der Waals surface area contributed by atoms with Gasteiger partial charge >= 0.3 is 0 Å². The molecule has 0 saturated carbocycles. The van der Waals surface area contributed by atoms with Crippen molar-refractivity contribution >= 4 is 22.4 Å². The summed E-state index contributed by atoms with van der Waals surface area (Å²) < 4.78 is 0. The molecule has 0 radical (unpaired) electrons. The molecule has 2 heterocycles. The van der Waals surface area contributed by atoms with E-state index < -0.39 is 0 Å². The zero-order valence-electron chi connectivity index (χ0n) is 15.6. The van der Waals surface area contributed by atoms with Crippen LogP contribution in [0.5, 0.6) is 0 Å². The van der Waals surface area contributed by atoms with Crippen molar-refractivity contribution in [3.05, 3.63) is 54.3 Å². The van der Waals surface area contributed by atoms with Crippen LogP contribution in [0.3, 0.4) is 0 Å². The molecule has 3 atom stereocenters. The summed E-state index contributed by atoms with van der Waals surface area (Å²) in [6.45, 7) is 9.63. The van der Waals surface area contributed by atoms with Gasteiger partial charge in [0.1, 0.15) is 0 Å². The summed E-state index contributed by atoms with van der Waals surface area (Å²) in [5, 5.41) is 4.47. The second-order valence-corrected chi connectivity index (χ2v) is 7.55. The fraction of sp³-hybridized carbons (Fsp3) is 0.409. The maximum Gasteiger partial charge on any atom is 0.228 e. The number of fused-ring (bicyclic) bond motifs is 2. The van der Waals surface area contributed by atoms with Crippen LogP contribution in [0.4, 0.5) is 0 Å². The highest BCUT2D eigenvalue weighted by atomic mass is 16.2. The molecular formula is C22H27N3O. The number of H-pyrrole nitrogens is 1. The molecule has 1 aromatic carbocycles. The van der Waals surface area contributed by atoms with Gasteiger partial charge in [-0.2, -0.15) is 0 Å². The van der Waals surface area contributed by atoms with E-state index in [1.807, 2.05) is 6.08 Å². The average Bonchev–Trinajstić information content (AvgIpc) is 3.06. The monoisotopic (exact) mass is 349 g/mol. The minimum Gasteiger partial charge on any atom is -0.361 e. The summed E-state index contributed by atoms with van der Waals surface area (Å²) in [6.07, 6.45) is 8.22. The predicted molar refractivity (Wildman–Crippen MR) is 107 cm³/mol. The summed E-state index contributed by atoms with van der Waals surface area (Å²) in [6, 6.07) is 6.94. The van der Waals surface area contributed by atoms with Crippen molar-refractivity contribution in [2.24, 2.45) is 5.92 Å². The number of carbonyl (C=O) groups is 1. The predicted octanol–water partition coefficient (Wildman–Crippen LogP) is 3.51. The number of nitrogens with zero attached hydrogens (tertiary/aromatic N) is 1. The standard InChI is InChI=1S/C22H27N3O/c1-4-9-25-13-16(22(26)24-14(3)5-2)10-18-17-7-6-8-19-21(17)15(12-23-19)11-20(18)25/h4,6-8,10,12,14,16,20,23H,1,5,9,11,13H2,2-3H3,(H,24,26)/t14-,16+,20?/m1/s1. The number of nitrogens with one attached hydrogen (secondary N) is 2. The lowest BCUT2D eigenvalue weighted by atomic mass is 9.79. The van der Waals surface area contributed by atoms with Gasteiger partial charge in [-0.3, -0.25) is 9.69 Å². The van der Waals surface area contributed by atoms with E-state index in [-0.39, 0.29) is 17.9 Å². The molecule has 26 heavy (non-hydrogen) atoms. The normalized spacial score (nSPS) is 23.2. The summed E-state index contributed by atoms with van der Waals surface area (Å²) in [7, 11) is 0. The molecule has 1 aromatic heterocycles. The molecule has 4 nitrogen and oxygen atoms in total. The third-order valence-corrected chi connectivity index (χ3v) is 5.82. The van der Waals surface area contributed by atoms with E-state index in [9.17, 15) is 4.79 Å². The fourth-order valence-electron chi connectivity index (χ4n) is 4.31. The Balaban J connectivity index is 1.76. The molecule has 0 saturated heterocycles. The van der Waals surface area contributed by atoms with Crippen molar-refractivity contribution in [1.82, 2.24) is 15.2 Å². The van der Waals surface area contributed by atoms with Crippen LogP contribution in [0.25, 0.3) is 16.5 Å². The summed E-state index contributed by atoms with van der Waals surface area (Å²) in [4.78, 5) is 18.6. The topological polar surface area (TPSA) is 48.1 Å². The first-order chi connectivity index (χ1) is 12.6. The fourth-order valence-corrected chi connectivity index (χ4v) is 4.31. The molecule has 2 N–H and O–H groups in total. The molecule has 0 spiro atoms. The van der Waals surface area contributed by atoms with E-state index >= 15 is 0 Å². The average molecular weight is 349 g/mol. The zero-order chi connectivity index (χ0) is 18.3. The van der Waals surface area contributed by atoms with Crippen LogP contribution < -0.4 is 5.32 Å². The van der Waals surface area contributed by atoms with Gasteiger partial charge in [0.15, 0.2) is 0 Å². The van der Waals surface area contributed by atoms with E-state index in [1.165, 1.54) is 27.6 Å². The molecule has 1 amide bonds. The van der Waals surface area contributed by atoms with Gasteiger partial charge in [0.25, 0.3) is 0 Å². The van der Waals surface area contributed by atoms with Crippen LogP contribution in [0.2, 0.25) is 0 Å². The van der Waals surface area contributed by atoms with Crippen molar-refractivity contribution < 1.29 is 4.79 Å². The lowest BCUT2D eigenvalue weighted by molar-refractivity contribution is -0.125. The molecule has 2 aliphatic rings. The summed E-state index contributed by atoms with van der Waals surface area (Å²) in [5.74, 6) is 0.0114. The Bertz CT molecular complexity index is 879. The van der Waals surface area contributed by atoms with Gasteiger partial charge in [0.2, 0.25) is 5.91 Å². The zero-order valence-corrected chi connectivity index (χ0v) is 15.6. The second-order valence-electron chi connectivity index (χ2n) is 7.55. The molecule has 4 heteroatoms. The third-order valence-electron chi connectivity index (χ3n) is 5.82. The molecule has 0 fully saturated rings. The van der Waals surface area contributed by atoms with Gasteiger partial charge in [0, 0.05) is 42.3 Å². The van der Waals surface area contributed by atoms with Crippen LogP contribution in [-0.2, 0) is 11.2 Å². The Kier molecular flexibility index (Phi) is 4.45. The smallest absolute Gasteiger partial charge is 0.228 e. The first-order valence-electron chi connectivity index (χ1n) is 9.58. The minimum atomic E-state index is -0.119. The number of aromatic amines is 1. The van der Waals surface area contributed by atoms with Crippen LogP contribution in [0.1, 0.15) is 31.4 Å². The van der Waals surface area contributed by atoms with Crippen molar-refractivity contribution in [3.63, 3.8) is 0 Å². The first-order valence-corrected chi connectivity index (χ1v) is 9.58. The quantitative estimate of drug-likeness (QED) is 0.812. The molecule has 1 unspecified atom stereocenters. The van der Waals surface area contributed by atoms with Crippen LogP contribution in [-0.4, -0.2) is 41.0 Å². The summed E-state index contributed by atoms with van der Waals surface area (Å²) >= 11 is 0. The highest BCUT2D eigenvalue weighted by Crippen LogP contribution is 2.41. The Morgan fingerprint density at radius 1 is 1.50 bits per heavy atom. The first kappa shape index (κ1) is 17.1. The molecular weight excluding hydrogens is 322 g/mol. The minimum absolute atomic E-state index is 0.119. The van der Waals surface area contributed by atoms with Gasteiger partial charge in [-0.25, -0.2) is 0 Å². The molecule has 0 bridgehead atoms. The van der Waals surface area contributed by atoms with Crippen molar-refractivity contribution in [2.45, 2.75) is 38.8 Å². The van der Waals surface area contributed by atoms with Gasteiger partial charge < -0.3 is 10.3 Å². The lowest BCUT2D eigenvalue weighted by Crippen LogP contribution is -2.49. The highest BCUT2D eigenvalue weighted by molar-refractivity contribution is 5.99. The largest absolute Gasteiger partial charge is 0.361 e. The van der Waals surface area contributed by atoms with Gasteiger partial charge in [-0.05, 0) is 42.5 Å². The van der Waals surface area contributed by atoms with Gasteiger partial charge in [0.05, 0.1) is 5.92 Å². The molecule has 1 aliphatic heterocycles. The Labute approximate surface area is 155 Å². The molecule has 136 valence electrons. The Morgan fingerprint density at radius 2 is 2.35 bits per heavy atom. The van der Waals surface area contributed by atoms with Crippen LogP contribution in [0, 0.1) is 5.92 Å². The van der Waals surface area contributed by atoms with E-state index in [2.05, 4.69) is 66.1 Å². The van der Waals surface area contributed by atoms with Crippen LogP contribution >= 0.6 is 0 Å². The highest BCUT2D eigenvalue weighted by Gasteiger charge is 2.36. The van der Waals surface area contributed by atoms with E-state index in [4.69, 9.17) is 0 Å². The lowest BCUT2D eigenvalue weighted by Gasteiger charge is -2.41. The van der Waals surface area contributed by atoms with E-state index in [1.54, 1.807) is 0 Å². The maximum atomic E-state index is 12.8. The number of rotatable bonds is 5. The van der Waals surface area contributed by atoms with E-state index in [0.29, 0.717) is 6.04 Å². The number of aromatic nitrogens is 1. The van der Waals surface area contributed by atoms with Crippen molar-refractivity contribution in [3.8, 4) is 0 Å². The number of amides is 1. The van der Waals surface area contributed by atoms with Gasteiger partial charge in [-0.15, -0.1) is 6.58 Å². The number of carbonyl (C=O) groups excluding carboxylic acids is 1. The van der Waals surface area contributed by atoms with E-state index in [0.717, 1.165) is 25.9 Å². The number of benzene rings is 1.